The van der Waals surface area contributed by atoms with Crippen LogP contribution in [-0.2, 0) is 4.74 Å². The molecule has 0 radical (unpaired) electrons. The fraction of sp³-hybridized carbons (Fsp3) is 0.375. The fourth-order valence-corrected chi connectivity index (χ4v) is 2.51. The normalized spacial score (nSPS) is 18.6. The molecule has 21 heavy (non-hydrogen) atoms. The quantitative estimate of drug-likeness (QED) is 0.938. The van der Waals surface area contributed by atoms with Crippen LogP contribution < -0.4 is 10.2 Å². The third-order valence-corrected chi connectivity index (χ3v) is 3.62. The van der Waals surface area contributed by atoms with E-state index in [4.69, 9.17) is 4.74 Å². The van der Waals surface area contributed by atoms with Gasteiger partial charge in [-0.05, 0) is 31.2 Å². The summed E-state index contributed by atoms with van der Waals surface area (Å²) in [5, 5.41) is 3.06. The van der Waals surface area contributed by atoms with Gasteiger partial charge in [-0.15, -0.1) is 0 Å². The molecule has 110 valence electrons. The number of aryl methyl sites for hydroxylation is 1. The number of nitrogens with zero attached hydrogens (tertiary/aromatic N) is 3. The monoisotopic (exact) mass is 284 g/mol. The summed E-state index contributed by atoms with van der Waals surface area (Å²) in [5.41, 5.74) is 1.99. The van der Waals surface area contributed by atoms with Crippen LogP contribution in [0.1, 0.15) is 17.5 Å². The van der Waals surface area contributed by atoms with Gasteiger partial charge in [0.05, 0.1) is 18.8 Å². The first kappa shape index (κ1) is 13.8. The molecule has 1 fully saturated rings. The molecule has 0 spiro atoms. The Morgan fingerprint density at radius 1 is 1.19 bits per heavy atom. The van der Waals surface area contributed by atoms with Crippen LogP contribution in [0.25, 0.3) is 0 Å². The average Bonchev–Trinajstić information content (AvgIpc) is 2.55. The maximum absolute atomic E-state index is 5.89. The van der Waals surface area contributed by atoms with E-state index in [0.29, 0.717) is 6.61 Å². The molecule has 0 amide bonds. The van der Waals surface area contributed by atoms with E-state index in [1.54, 1.807) is 0 Å². The molecule has 0 aliphatic carbocycles. The van der Waals surface area contributed by atoms with E-state index in [-0.39, 0.29) is 6.10 Å². The summed E-state index contributed by atoms with van der Waals surface area (Å²) in [6.45, 7) is 4.33. The Labute approximate surface area is 125 Å². The van der Waals surface area contributed by atoms with Crippen LogP contribution in [0.4, 0.5) is 11.6 Å². The van der Waals surface area contributed by atoms with E-state index in [0.717, 1.165) is 36.1 Å². The Kier molecular flexibility index (Phi) is 4.01. The fourth-order valence-electron chi connectivity index (χ4n) is 2.51. The molecular weight excluding hydrogens is 264 g/mol. The van der Waals surface area contributed by atoms with Gasteiger partial charge in [-0.3, -0.25) is 0 Å². The second-order valence-corrected chi connectivity index (χ2v) is 5.14. The molecule has 3 rings (SSSR count). The standard InChI is InChI=1S/C16H20N4O/c1-12-5-3-8-16(18-12)20-9-10-21-14(11-20)13-6-4-7-15(17-2)19-13/h3-8,14H,9-11H2,1-2H3,(H,17,19)/t14-/m1/s1. The zero-order valence-corrected chi connectivity index (χ0v) is 12.4. The molecule has 1 atom stereocenters. The summed E-state index contributed by atoms with van der Waals surface area (Å²) in [7, 11) is 1.87. The van der Waals surface area contributed by atoms with Gasteiger partial charge in [-0.2, -0.15) is 0 Å². The number of rotatable bonds is 3. The van der Waals surface area contributed by atoms with Gasteiger partial charge in [0, 0.05) is 19.3 Å². The molecule has 2 aromatic rings. The first-order chi connectivity index (χ1) is 10.3. The van der Waals surface area contributed by atoms with Crippen LogP contribution in [0.3, 0.4) is 0 Å². The van der Waals surface area contributed by atoms with Crippen LogP contribution in [0.5, 0.6) is 0 Å². The number of pyridine rings is 2. The van der Waals surface area contributed by atoms with E-state index in [9.17, 15) is 0 Å². The largest absolute Gasteiger partial charge is 0.373 e. The molecule has 1 saturated heterocycles. The van der Waals surface area contributed by atoms with Crippen molar-refractivity contribution >= 4 is 11.6 Å². The van der Waals surface area contributed by atoms with Gasteiger partial charge < -0.3 is 15.0 Å². The molecular formula is C16H20N4O. The van der Waals surface area contributed by atoms with Gasteiger partial charge in [0.1, 0.15) is 17.7 Å². The third kappa shape index (κ3) is 3.13. The van der Waals surface area contributed by atoms with Gasteiger partial charge in [-0.1, -0.05) is 12.1 Å². The van der Waals surface area contributed by atoms with Crippen molar-refractivity contribution in [3.63, 3.8) is 0 Å². The lowest BCUT2D eigenvalue weighted by Crippen LogP contribution is -2.39. The molecule has 2 aromatic heterocycles. The summed E-state index contributed by atoms with van der Waals surface area (Å²) in [6, 6.07) is 12.1. The first-order valence-corrected chi connectivity index (χ1v) is 7.21. The number of nitrogens with one attached hydrogen (secondary N) is 1. The Morgan fingerprint density at radius 2 is 2.05 bits per heavy atom. The molecule has 0 saturated carbocycles. The minimum atomic E-state index is -0.0191. The summed E-state index contributed by atoms with van der Waals surface area (Å²) >= 11 is 0. The number of hydrogen-bond acceptors (Lipinski definition) is 5. The molecule has 0 unspecified atom stereocenters. The van der Waals surface area contributed by atoms with Crippen molar-refractivity contribution in [1.29, 1.82) is 0 Å². The summed E-state index contributed by atoms with van der Waals surface area (Å²) in [4.78, 5) is 11.4. The van der Waals surface area contributed by atoms with Crippen molar-refractivity contribution in [2.75, 3.05) is 37.0 Å². The molecule has 0 bridgehead atoms. The second kappa shape index (κ2) is 6.10. The highest BCUT2D eigenvalue weighted by Crippen LogP contribution is 2.24. The lowest BCUT2D eigenvalue weighted by atomic mass is 10.2. The van der Waals surface area contributed by atoms with Crippen LogP contribution in [0.2, 0.25) is 0 Å². The predicted octanol–water partition coefficient (Wildman–Crippen LogP) is 2.40. The zero-order chi connectivity index (χ0) is 14.7. The molecule has 5 nitrogen and oxygen atoms in total. The van der Waals surface area contributed by atoms with E-state index < -0.39 is 0 Å². The van der Waals surface area contributed by atoms with Gasteiger partial charge in [0.2, 0.25) is 0 Å². The number of aromatic nitrogens is 2. The summed E-state index contributed by atoms with van der Waals surface area (Å²) in [5.74, 6) is 1.87. The maximum Gasteiger partial charge on any atom is 0.128 e. The van der Waals surface area contributed by atoms with Crippen molar-refractivity contribution in [3.05, 3.63) is 47.8 Å². The Hall–Kier alpha value is -2.14. The molecule has 1 aliphatic rings. The van der Waals surface area contributed by atoms with Crippen molar-refractivity contribution in [2.24, 2.45) is 0 Å². The van der Waals surface area contributed by atoms with Crippen LogP contribution in [0, 0.1) is 6.92 Å². The van der Waals surface area contributed by atoms with E-state index in [1.807, 2.05) is 50.4 Å². The number of morpholine rings is 1. The number of anilines is 2. The van der Waals surface area contributed by atoms with Gasteiger partial charge >= 0.3 is 0 Å². The third-order valence-electron chi connectivity index (χ3n) is 3.62. The minimum Gasteiger partial charge on any atom is -0.373 e. The SMILES string of the molecule is CNc1cccc([C@H]2CN(c3cccc(C)n3)CCO2)n1. The topological polar surface area (TPSA) is 50.3 Å². The highest BCUT2D eigenvalue weighted by atomic mass is 16.5. The van der Waals surface area contributed by atoms with E-state index in [2.05, 4.69) is 20.2 Å². The highest BCUT2D eigenvalue weighted by Gasteiger charge is 2.24. The van der Waals surface area contributed by atoms with Gasteiger partial charge in [-0.25, -0.2) is 9.97 Å². The van der Waals surface area contributed by atoms with Crippen molar-refractivity contribution in [2.45, 2.75) is 13.0 Å². The number of ether oxygens (including phenoxy) is 1. The molecule has 3 heterocycles. The predicted molar refractivity (Wildman–Crippen MR) is 83.7 cm³/mol. The zero-order valence-electron chi connectivity index (χ0n) is 12.4. The highest BCUT2D eigenvalue weighted by molar-refractivity contribution is 5.41. The van der Waals surface area contributed by atoms with E-state index in [1.165, 1.54) is 0 Å². The second-order valence-electron chi connectivity index (χ2n) is 5.14. The summed E-state index contributed by atoms with van der Waals surface area (Å²) in [6.07, 6.45) is -0.0191. The van der Waals surface area contributed by atoms with E-state index >= 15 is 0 Å². The van der Waals surface area contributed by atoms with Crippen molar-refractivity contribution in [3.8, 4) is 0 Å². The van der Waals surface area contributed by atoms with Crippen molar-refractivity contribution in [1.82, 2.24) is 9.97 Å². The van der Waals surface area contributed by atoms with Gasteiger partial charge in [0.25, 0.3) is 0 Å². The lowest BCUT2D eigenvalue weighted by Gasteiger charge is -2.33. The Morgan fingerprint density at radius 3 is 2.86 bits per heavy atom. The Bertz CT molecular complexity index is 617. The molecule has 0 aromatic carbocycles. The maximum atomic E-state index is 5.89. The summed E-state index contributed by atoms with van der Waals surface area (Å²) < 4.78 is 5.89. The lowest BCUT2D eigenvalue weighted by molar-refractivity contribution is 0.0368. The van der Waals surface area contributed by atoms with Crippen LogP contribution >= 0.6 is 0 Å². The average molecular weight is 284 g/mol. The smallest absolute Gasteiger partial charge is 0.128 e. The molecule has 5 heteroatoms. The van der Waals surface area contributed by atoms with Crippen molar-refractivity contribution < 1.29 is 4.74 Å². The first-order valence-electron chi connectivity index (χ1n) is 7.21. The minimum absolute atomic E-state index is 0.0191. The molecule has 1 N–H and O–H groups in total. The number of hydrogen-bond donors (Lipinski definition) is 1. The Balaban J connectivity index is 1.79. The van der Waals surface area contributed by atoms with Gasteiger partial charge in [0.15, 0.2) is 0 Å². The van der Waals surface area contributed by atoms with Crippen LogP contribution in [-0.4, -0.2) is 36.7 Å². The van der Waals surface area contributed by atoms with Crippen LogP contribution in [0.15, 0.2) is 36.4 Å². The molecule has 1 aliphatic heterocycles.